The second-order valence-electron chi connectivity index (χ2n) is 13.4. The van der Waals surface area contributed by atoms with Gasteiger partial charge in [0.05, 0.1) is 23.8 Å². The summed E-state index contributed by atoms with van der Waals surface area (Å²) in [5.41, 5.74) is 1.06. The molecule has 6 heteroatoms. The molecule has 6 rings (SSSR count). The second kappa shape index (κ2) is 8.78. The molecule has 4 aliphatic carbocycles. The molecule has 0 aliphatic heterocycles. The van der Waals surface area contributed by atoms with Crippen LogP contribution in [0, 0.1) is 52.2 Å². The van der Waals surface area contributed by atoms with Crippen molar-refractivity contribution in [3.05, 3.63) is 29.8 Å². The van der Waals surface area contributed by atoms with Crippen LogP contribution in [0.15, 0.2) is 18.2 Å². The molecule has 0 saturated heterocycles. The van der Waals surface area contributed by atoms with Crippen molar-refractivity contribution in [2.45, 2.75) is 96.9 Å². The van der Waals surface area contributed by atoms with Crippen LogP contribution in [-0.2, 0) is 6.42 Å². The van der Waals surface area contributed by atoms with E-state index in [1.807, 2.05) is 6.07 Å². The molecule has 11 atom stereocenters. The van der Waals surface area contributed by atoms with E-state index >= 15 is 0 Å². The Morgan fingerprint density at radius 2 is 1.89 bits per heavy atom. The van der Waals surface area contributed by atoms with Crippen molar-refractivity contribution >= 4 is 11.0 Å². The highest BCUT2D eigenvalue weighted by atomic mass is 19.1. The fourth-order valence-electron chi connectivity index (χ4n) is 9.86. The molecule has 4 fully saturated rings. The number of para-hydroxylation sites is 1. The molecule has 0 amide bonds. The van der Waals surface area contributed by atoms with Crippen molar-refractivity contribution in [2.75, 3.05) is 0 Å². The number of hydrogen-bond acceptors (Lipinski definition) is 4. The normalized spacial score (nSPS) is 45.2. The van der Waals surface area contributed by atoms with Gasteiger partial charge < -0.3 is 20.3 Å². The number of aliphatic hydroxyl groups is 3. The Morgan fingerprint density at radius 1 is 1.08 bits per heavy atom. The number of rotatable bonds is 4. The van der Waals surface area contributed by atoms with Gasteiger partial charge in [-0.1, -0.05) is 26.8 Å². The van der Waals surface area contributed by atoms with Crippen molar-refractivity contribution in [1.29, 1.82) is 0 Å². The van der Waals surface area contributed by atoms with E-state index in [-0.39, 0.29) is 40.9 Å². The van der Waals surface area contributed by atoms with E-state index in [2.05, 4.69) is 30.7 Å². The zero-order valence-corrected chi connectivity index (χ0v) is 22.0. The first-order valence-corrected chi connectivity index (χ1v) is 14.3. The largest absolute Gasteiger partial charge is 0.393 e. The van der Waals surface area contributed by atoms with Crippen molar-refractivity contribution in [1.82, 2.24) is 9.97 Å². The second-order valence-corrected chi connectivity index (χ2v) is 13.4. The standard InChI is InChI=1S/C30H43FN2O3/c1-16(7-10-26-32-23-6-4-5-22(31)28(23)33-26)19-8-9-20-27-21(15-25(36)30(19,20)3)29(2)12-11-18(34)13-17(29)14-24(27)35/h4-6,16-21,24-25,27,34-36H,7-15H2,1-3H3,(H,32,33)/t16?,17-,18+,19+,20-,21-,24+,25-,27-,29-,30+/m0/s1. The summed E-state index contributed by atoms with van der Waals surface area (Å²) >= 11 is 0. The summed E-state index contributed by atoms with van der Waals surface area (Å²) in [7, 11) is 0. The van der Waals surface area contributed by atoms with Crippen LogP contribution < -0.4 is 0 Å². The van der Waals surface area contributed by atoms with Crippen molar-refractivity contribution in [3.63, 3.8) is 0 Å². The molecular formula is C30H43FN2O3. The first-order valence-electron chi connectivity index (χ1n) is 14.3. The van der Waals surface area contributed by atoms with Gasteiger partial charge in [0, 0.05) is 6.42 Å². The Labute approximate surface area is 213 Å². The van der Waals surface area contributed by atoms with Crippen LogP contribution >= 0.6 is 0 Å². The number of hydrogen-bond donors (Lipinski definition) is 4. The highest BCUT2D eigenvalue weighted by molar-refractivity contribution is 5.75. The predicted octanol–water partition coefficient (Wildman–Crippen LogP) is 5.23. The van der Waals surface area contributed by atoms with Crippen LogP contribution in [0.25, 0.3) is 11.0 Å². The van der Waals surface area contributed by atoms with Gasteiger partial charge in [-0.2, -0.15) is 0 Å². The number of aromatic amines is 1. The minimum absolute atomic E-state index is 0.103. The van der Waals surface area contributed by atoms with Gasteiger partial charge in [-0.15, -0.1) is 0 Å². The van der Waals surface area contributed by atoms with Gasteiger partial charge in [0.1, 0.15) is 17.2 Å². The maximum absolute atomic E-state index is 14.1. The average Bonchev–Trinajstić information content (AvgIpc) is 3.42. The third-order valence-corrected chi connectivity index (χ3v) is 11.9. The molecule has 198 valence electrons. The van der Waals surface area contributed by atoms with Crippen LogP contribution in [0.4, 0.5) is 4.39 Å². The van der Waals surface area contributed by atoms with Gasteiger partial charge in [-0.3, -0.25) is 0 Å². The summed E-state index contributed by atoms with van der Waals surface area (Å²) < 4.78 is 14.1. The van der Waals surface area contributed by atoms with Crippen molar-refractivity contribution in [3.8, 4) is 0 Å². The van der Waals surface area contributed by atoms with Crippen LogP contribution in [-0.4, -0.2) is 43.6 Å². The molecule has 2 aromatic rings. The van der Waals surface area contributed by atoms with Gasteiger partial charge in [-0.25, -0.2) is 9.37 Å². The van der Waals surface area contributed by atoms with Gasteiger partial charge in [0.15, 0.2) is 0 Å². The molecule has 0 bridgehead atoms. The molecule has 1 aromatic heterocycles. The highest BCUT2D eigenvalue weighted by Crippen LogP contribution is 2.68. The minimum Gasteiger partial charge on any atom is -0.393 e. The van der Waals surface area contributed by atoms with E-state index in [9.17, 15) is 19.7 Å². The van der Waals surface area contributed by atoms with Crippen LogP contribution in [0.2, 0.25) is 0 Å². The number of aliphatic hydroxyl groups excluding tert-OH is 3. The number of aromatic nitrogens is 2. The zero-order valence-electron chi connectivity index (χ0n) is 22.0. The maximum Gasteiger partial charge on any atom is 0.148 e. The van der Waals surface area contributed by atoms with Gasteiger partial charge in [0.25, 0.3) is 0 Å². The molecule has 4 aliphatic rings. The maximum atomic E-state index is 14.1. The van der Waals surface area contributed by atoms with Crippen LogP contribution in [0.1, 0.15) is 78.0 Å². The fourth-order valence-corrected chi connectivity index (χ4v) is 9.86. The Bertz CT molecular complexity index is 1120. The molecule has 36 heavy (non-hydrogen) atoms. The Morgan fingerprint density at radius 3 is 2.67 bits per heavy atom. The van der Waals surface area contributed by atoms with E-state index in [0.29, 0.717) is 40.6 Å². The number of aryl methyl sites for hydroxylation is 1. The average molecular weight is 499 g/mol. The van der Waals surface area contributed by atoms with Gasteiger partial charge >= 0.3 is 0 Å². The Balaban J connectivity index is 1.21. The number of H-pyrrole nitrogens is 1. The first-order chi connectivity index (χ1) is 17.1. The summed E-state index contributed by atoms with van der Waals surface area (Å²) in [5.74, 6) is 2.60. The number of benzene rings is 1. The monoisotopic (exact) mass is 498 g/mol. The summed E-state index contributed by atoms with van der Waals surface area (Å²) in [6, 6.07) is 4.99. The number of halogens is 1. The summed E-state index contributed by atoms with van der Waals surface area (Å²) in [6.45, 7) is 6.99. The molecule has 0 spiro atoms. The summed E-state index contributed by atoms with van der Waals surface area (Å²) in [4.78, 5) is 7.78. The number of nitrogens with zero attached hydrogens (tertiary/aromatic N) is 1. The molecule has 4 N–H and O–H groups in total. The lowest BCUT2D eigenvalue weighted by Gasteiger charge is -2.63. The molecule has 5 nitrogen and oxygen atoms in total. The van der Waals surface area contributed by atoms with E-state index in [1.165, 1.54) is 6.07 Å². The Hall–Kier alpha value is -1.50. The van der Waals surface area contributed by atoms with E-state index in [0.717, 1.165) is 63.6 Å². The number of nitrogens with one attached hydrogen (secondary N) is 1. The molecule has 4 saturated carbocycles. The topological polar surface area (TPSA) is 89.4 Å². The van der Waals surface area contributed by atoms with Gasteiger partial charge in [0.2, 0.25) is 0 Å². The predicted molar refractivity (Wildman–Crippen MR) is 138 cm³/mol. The third-order valence-electron chi connectivity index (χ3n) is 11.9. The lowest BCUT2D eigenvalue weighted by Crippen LogP contribution is -2.62. The van der Waals surface area contributed by atoms with E-state index in [1.54, 1.807) is 6.07 Å². The molecule has 0 radical (unpaired) electrons. The minimum atomic E-state index is -0.367. The lowest BCUT2D eigenvalue weighted by molar-refractivity contribution is -0.207. The Kier molecular flexibility index (Phi) is 6.05. The van der Waals surface area contributed by atoms with Crippen LogP contribution in [0.3, 0.4) is 0 Å². The SMILES string of the molecule is CC(CCc1nc2cccc(F)c2[nH]1)[C@H]1CC[C@H]2[C@@H]3[C@H](O)C[C@@H]4C[C@H](O)CC[C@]4(C)[C@H]3C[C@H](O)[C@]12C. The van der Waals surface area contributed by atoms with E-state index in [4.69, 9.17) is 0 Å². The lowest BCUT2D eigenvalue weighted by atomic mass is 9.43. The third kappa shape index (κ3) is 3.61. The fraction of sp³-hybridized carbons (Fsp3) is 0.767. The van der Waals surface area contributed by atoms with Gasteiger partial charge in [-0.05, 0) is 110 Å². The first kappa shape index (κ1) is 24.8. The summed E-state index contributed by atoms with van der Waals surface area (Å²) in [6.07, 6.45) is 7.10. The molecular weight excluding hydrogens is 455 g/mol. The summed E-state index contributed by atoms with van der Waals surface area (Å²) in [5, 5.41) is 33.5. The van der Waals surface area contributed by atoms with E-state index < -0.39 is 0 Å². The molecule has 1 heterocycles. The number of imidazole rings is 1. The highest BCUT2D eigenvalue weighted by Gasteiger charge is 2.65. The molecule has 1 unspecified atom stereocenters. The zero-order chi connectivity index (χ0) is 25.4. The smallest absolute Gasteiger partial charge is 0.148 e. The molecule has 1 aromatic carbocycles. The van der Waals surface area contributed by atoms with Crippen molar-refractivity contribution in [2.24, 2.45) is 46.3 Å². The van der Waals surface area contributed by atoms with Crippen molar-refractivity contribution < 1.29 is 19.7 Å². The quantitative estimate of drug-likeness (QED) is 0.465. The van der Waals surface area contributed by atoms with Crippen LogP contribution in [0.5, 0.6) is 0 Å². The number of fused-ring (bicyclic) bond motifs is 6.